The second-order valence-corrected chi connectivity index (χ2v) is 7.76. The maximum absolute atomic E-state index is 13.4. The second kappa shape index (κ2) is 9.13. The minimum Gasteiger partial charge on any atom is -0.507 e. The van der Waals surface area contributed by atoms with Crippen molar-refractivity contribution >= 4 is 11.0 Å². The minimum atomic E-state index is -1.89. The number of ether oxygens (including phenoxy) is 3. The summed E-state index contributed by atoms with van der Waals surface area (Å²) in [4.78, 5) is 13.4. The zero-order chi connectivity index (χ0) is 25.6. The molecule has 0 amide bonds. The van der Waals surface area contributed by atoms with E-state index in [-0.39, 0.29) is 11.3 Å². The van der Waals surface area contributed by atoms with Crippen molar-refractivity contribution in [3.63, 3.8) is 0 Å². The Labute approximate surface area is 195 Å². The molecule has 13 heteroatoms. The fraction of sp³-hybridized carbons (Fsp3) is 0.318. The summed E-state index contributed by atoms with van der Waals surface area (Å²) in [5.41, 5.74) is -1.60. The molecule has 3 aromatic rings. The third-order valence-electron chi connectivity index (χ3n) is 5.58. The first-order chi connectivity index (χ1) is 16.6. The average molecular weight is 494 g/mol. The average Bonchev–Trinajstić information content (AvgIpc) is 2.84. The highest BCUT2D eigenvalue weighted by atomic mass is 16.7. The Morgan fingerprint density at radius 1 is 0.943 bits per heavy atom. The molecule has 35 heavy (non-hydrogen) atoms. The van der Waals surface area contributed by atoms with Gasteiger partial charge in [0.2, 0.25) is 23.2 Å². The number of fused-ring (bicyclic) bond motifs is 1. The molecule has 0 aliphatic carbocycles. The monoisotopic (exact) mass is 494 g/mol. The number of phenols is 4. The number of hydrogen-bond acceptors (Lipinski definition) is 13. The molecule has 0 bridgehead atoms. The van der Waals surface area contributed by atoms with Gasteiger partial charge in [-0.05, 0) is 18.2 Å². The van der Waals surface area contributed by atoms with Crippen LogP contribution in [0.1, 0.15) is 0 Å². The fourth-order valence-corrected chi connectivity index (χ4v) is 3.69. The summed E-state index contributed by atoms with van der Waals surface area (Å²) in [6.45, 7) is -0.760. The maximum atomic E-state index is 13.4. The molecule has 1 fully saturated rings. The number of aromatic hydroxyl groups is 4. The van der Waals surface area contributed by atoms with Crippen LogP contribution in [-0.4, -0.2) is 85.3 Å². The van der Waals surface area contributed by atoms with Gasteiger partial charge in [-0.25, -0.2) is 0 Å². The van der Waals surface area contributed by atoms with Crippen LogP contribution in [0.2, 0.25) is 0 Å². The highest BCUT2D eigenvalue weighted by Crippen LogP contribution is 2.44. The third-order valence-corrected chi connectivity index (χ3v) is 5.58. The largest absolute Gasteiger partial charge is 0.507 e. The Morgan fingerprint density at radius 2 is 1.66 bits per heavy atom. The number of methoxy groups -OCH3 is 1. The molecule has 1 aromatic heterocycles. The molecule has 13 nitrogen and oxygen atoms in total. The number of aliphatic hydroxyl groups is 4. The van der Waals surface area contributed by atoms with Crippen molar-refractivity contribution in [3.05, 3.63) is 34.5 Å². The summed E-state index contributed by atoms with van der Waals surface area (Å²) >= 11 is 0. The summed E-state index contributed by atoms with van der Waals surface area (Å²) in [7, 11) is 1.20. The Kier molecular flexibility index (Phi) is 6.36. The van der Waals surface area contributed by atoms with Gasteiger partial charge in [-0.15, -0.1) is 0 Å². The van der Waals surface area contributed by atoms with Crippen LogP contribution in [0.5, 0.6) is 34.5 Å². The van der Waals surface area contributed by atoms with Gasteiger partial charge in [0.05, 0.1) is 13.7 Å². The third kappa shape index (κ3) is 4.05. The summed E-state index contributed by atoms with van der Waals surface area (Å²) in [5.74, 6) is -3.72. The van der Waals surface area contributed by atoms with Crippen LogP contribution in [0.15, 0.2) is 33.5 Å². The van der Waals surface area contributed by atoms with Gasteiger partial charge in [0.15, 0.2) is 28.6 Å². The van der Waals surface area contributed by atoms with Crippen molar-refractivity contribution in [1.29, 1.82) is 0 Å². The number of phenolic OH excluding ortho intramolecular Hbond substituents is 4. The van der Waals surface area contributed by atoms with Crippen LogP contribution in [-0.2, 0) is 4.74 Å². The van der Waals surface area contributed by atoms with Gasteiger partial charge in [-0.2, -0.15) is 0 Å². The van der Waals surface area contributed by atoms with Gasteiger partial charge >= 0.3 is 0 Å². The zero-order valence-corrected chi connectivity index (χ0v) is 18.0. The fourth-order valence-electron chi connectivity index (χ4n) is 3.69. The SMILES string of the molecule is COc1cc(O)c2c(=O)c(OC3OC(CO)C(O)C(O)C3O)c(-c3ccc(O)c(O)c3)oc2c1O. The summed E-state index contributed by atoms with van der Waals surface area (Å²) in [6, 6.07) is 4.28. The number of aliphatic hydroxyl groups excluding tert-OH is 4. The first-order valence-electron chi connectivity index (χ1n) is 10.2. The quantitative estimate of drug-likeness (QED) is 0.165. The minimum absolute atomic E-state index is 0.0411. The van der Waals surface area contributed by atoms with Crippen molar-refractivity contribution in [1.82, 2.24) is 0 Å². The lowest BCUT2D eigenvalue weighted by Gasteiger charge is -2.39. The molecular weight excluding hydrogens is 472 g/mol. The molecule has 2 heterocycles. The molecule has 0 spiro atoms. The van der Waals surface area contributed by atoms with E-state index in [9.17, 15) is 45.6 Å². The van der Waals surface area contributed by atoms with E-state index in [0.717, 1.165) is 18.2 Å². The Hall–Kier alpha value is -3.75. The Balaban J connectivity index is 1.96. The van der Waals surface area contributed by atoms with Crippen molar-refractivity contribution in [2.24, 2.45) is 0 Å². The Morgan fingerprint density at radius 3 is 2.29 bits per heavy atom. The van der Waals surface area contributed by atoms with Gasteiger partial charge in [0, 0.05) is 11.6 Å². The number of rotatable bonds is 5. The molecule has 8 N–H and O–H groups in total. The lowest BCUT2D eigenvalue weighted by molar-refractivity contribution is -0.277. The molecule has 1 saturated heterocycles. The molecule has 1 aliphatic rings. The van der Waals surface area contributed by atoms with E-state index in [4.69, 9.17) is 18.6 Å². The standard InChI is InChI=1S/C22H22O13/c1-32-11-5-10(26)13-16(29)21(35-22-18(31)17(30)14(27)12(6-23)33-22)19(34-20(13)15(11)28)7-2-3-8(24)9(25)4-7/h2-5,12,14,17-18,22-28,30-31H,6H2,1H3. The van der Waals surface area contributed by atoms with Gasteiger partial charge in [-0.3, -0.25) is 4.79 Å². The van der Waals surface area contributed by atoms with E-state index in [1.54, 1.807) is 0 Å². The van der Waals surface area contributed by atoms with Crippen molar-refractivity contribution in [3.8, 4) is 45.8 Å². The topological polar surface area (TPSA) is 220 Å². The summed E-state index contributed by atoms with van der Waals surface area (Å²) in [6.07, 6.45) is -8.55. The molecule has 0 saturated carbocycles. The van der Waals surface area contributed by atoms with Crippen LogP contribution in [0.25, 0.3) is 22.3 Å². The highest BCUT2D eigenvalue weighted by molar-refractivity contribution is 5.93. The molecule has 5 unspecified atom stereocenters. The van der Waals surface area contributed by atoms with E-state index in [1.807, 2.05) is 0 Å². The van der Waals surface area contributed by atoms with Crippen LogP contribution < -0.4 is 14.9 Å². The zero-order valence-electron chi connectivity index (χ0n) is 18.0. The van der Waals surface area contributed by atoms with E-state index < -0.39 is 88.2 Å². The smallest absolute Gasteiger partial charge is 0.239 e. The van der Waals surface area contributed by atoms with E-state index in [0.29, 0.717) is 0 Å². The van der Waals surface area contributed by atoms with Gasteiger partial charge < -0.3 is 59.5 Å². The van der Waals surface area contributed by atoms with Crippen LogP contribution >= 0.6 is 0 Å². The highest BCUT2D eigenvalue weighted by Gasteiger charge is 2.45. The van der Waals surface area contributed by atoms with Crippen molar-refractivity contribution < 1.29 is 59.5 Å². The van der Waals surface area contributed by atoms with E-state index in [1.165, 1.54) is 13.2 Å². The predicted octanol–water partition coefficient (Wildman–Crippen LogP) is -0.530. The molecule has 2 aromatic carbocycles. The van der Waals surface area contributed by atoms with Gasteiger partial charge in [0.1, 0.15) is 35.6 Å². The molecule has 5 atom stereocenters. The molecular formula is C22H22O13. The second-order valence-electron chi connectivity index (χ2n) is 7.76. The lowest BCUT2D eigenvalue weighted by Crippen LogP contribution is -2.60. The molecule has 188 valence electrons. The molecule has 1 aliphatic heterocycles. The van der Waals surface area contributed by atoms with Gasteiger partial charge in [-0.1, -0.05) is 0 Å². The van der Waals surface area contributed by atoms with Crippen molar-refractivity contribution in [2.75, 3.05) is 13.7 Å². The van der Waals surface area contributed by atoms with Crippen LogP contribution in [0, 0.1) is 0 Å². The Bertz CT molecular complexity index is 1320. The maximum Gasteiger partial charge on any atom is 0.239 e. The van der Waals surface area contributed by atoms with Crippen LogP contribution in [0.3, 0.4) is 0 Å². The summed E-state index contributed by atoms with van der Waals surface area (Å²) < 4.78 is 21.5. The van der Waals surface area contributed by atoms with E-state index in [2.05, 4.69) is 0 Å². The van der Waals surface area contributed by atoms with Crippen LogP contribution in [0.4, 0.5) is 0 Å². The first kappa shape index (κ1) is 24.4. The van der Waals surface area contributed by atoms with Gasteiger partial charge in [0.25, 0.3) is 0 Å². The van der Waals surface area contributed by atoms with E-state index >= 15 is 0 Å². The van der Waals surface area contributed by atoms with Crippen molar-refractivity contribution in [2.45, 2.75) is 30.7 Å². The predicted molar refractivity (Wildman–Crippen MR) is 116 cm³/mol. The first-order valence-corrected chi connectivity index (χ1v) is 10.2. The normalized spacial score (nSPS) is 24.4. The number of benzene rings is 2. The lowest BCUT2D eigenvalue weighted by atomic mass is 9.99. The molecule has 4 rings (SSSR count). The number of hydrogen-bond donors (Lipinski definition) is 8. The molecule has 0 radical (unpaired) electrons. The summed E-state index contributed by atoms with van der Waals surface area (Å²) in [5, 5.41) is 79.8.